The Bertz CT molecular complexity index is 2510. The monoisotopic (exact) mass is 594 g/mol. The third-order valence-electron chi connectivity index (χ3n) is 9.06. The number of hydrogen-bond donors (Lipinski definition) is 2. The average Bonchev–Trinajstić information content (AvgIpc) is 3.70. The second kappa shape index (κ2) is 8.20. The van der Waals surface area contributed by atoms with E-state index in [1.165, 1.54) is 8.80 Å². The first kappa shape index (κ1) is 24.2. The molecule has 0 bridgehead atoms. The molecular weight excluding hydrogens is 568 g/mol. The lowest BCUT2D eigenvalue weighted by Crippen LogP contribution is -2.63. The second-order valence-corrected chi connectivity index (χ2v) is 11.3. The molecule has 12 heteroatoms. The van der Waals surface area contributed by atoms with Crippen LogP contribution in [0.3, 0.4) is 0 Å². The molecule has 0 unspecified atom stereocenters. The molecule has 0 fully saturated rings. The molecule has 7 aromatic rings. The zero-order valence-corrected chi connectivity index (χ0v) is 23.5. The minimum absolute atomic E-state index is 0. The van der Waals surface area contributed by atoms with Crippen molar-refractivity contribution in [2.45, 2.75) is 17.7 Å². The van der Waals surface area contributed by atoms with Crippen LogP contribution >= 0.6 is 0 Å². The summed E-state index contributed by atoms with van der Waals surface area (Å²) in [5.41, 5.74) is 0.325. The number of hydrogen-bond acceptors (Lipinski definition) is 8. The summed E-state index contributed by atoms with van der Waals surface area (Å²) < 4.78 is 6.16. The summed E-state index contributed by atoms with van der Waals surface area (Å²) in [6.45, 7) is 0. The van der Waals surface area contributed by atoms with Gasteiger partial charge in [-0.05, 0) is 36.3 Å². The Morgan fingerprint density at radius 1 is 0.667 bits per heavy atom. The van der Waals surface area contributed by atoms with E-state index >= 15 is 9.59 Å². The van der Waals surface area contributed by atoms with E-state index in [0.717, 1.165) is 5.57 Å². The highest BCUT2D eigenvalue weighted by Crippen LogP contribution is 2.54. The molecule has 1 aliphatic carbocycles. The van der Waals surface area contributed by atoms with E-state index in [-0.39, 0.29) is 26.3 Å². The first-order valence-corrected chi connectivity index (χ1v) is 14.6. The lowest BCUT2D eigenvalue weighted by Gasteiger charge is -2.41. The number of aromatic nitrogens is 8. The van der Waals surface area contributed by atoms with Crippen molar-refractivity contribution >= 4 is 45.5 Å². The van der Waals surface area contributed by atoms with Crippen molar-refractivity contribution in [3.8, 4) is 0 Å². The molecule has 6 heterocycles. The molecule has 10 rings (SSSR count). The Hall–Kier alpha value is -6.30. The van der Waals surface area contributed by atoms with Crippen LogP contribution in [-0.2, 0) is 5.66 Å². The van der Waals surface area contributed by atoms with Gasteiger partial charge in [0.25, 0.3) is 0 Å². The van der Waals surface area contributed by atoms with E-state index < -0.39 is 22.7 Å². The van der Waals surface area contributed by atoms with E-state index in [2.05, 4.69) is 26.7 Å². The van der Waals surface area contributed by atoms with Gasteiger partial charge in [-0.15, -0.1) is 0 Å². The van der Waals surface area contributed by atoms with Gasteiger partial charge in [0.05, 0.1) is 22.1 Å². The summed E-state index contributed by atoms with van der Waals surface area (Å²) in [5, 5.41) is 7.19. The normalized spacial score (nSPS) is 21.5. The van der Waals surface area contributed by atoms with E-state index in [9.17, 15) is 0 Å². The molecule has 0 spiro atoms. The molecule has 4 aromatic heterocycles. The number of imidazole rings is 2. The molecule has 12 nitrogen and oxygen atoms in total. The van der Waals surface area contributed by atoms with Crippen molar-refractivity contribution < 1.29 is 2.85 Å². The quantitative estimate of drug-likeness (QED) is 0.306. The van der Waals surface area contributed by atoms with Crippen molar-refractivity contribution in [3.63, 3.8) is 0 Å². The molecular formula is C33H26N10O2. The van der Waals surface area contributed by atoms with Crippen LogP contribution in [0.5, 0.6) is 0 Å². The fourth-order valence-corrected chi connectivity index (χ4v) is 7.30. The van der Waals surface area contributed by atoms with Crippen LogP contribution in [-0.4, -0.2) is 43.5 Å². The Kier molecular flexibility index (Phi) is 4.40. The first-order valence-electron chi connectivity index (χ1n) is 14.6. The number of nitrogens with one attached hydrogen (secondary N) is 2. The zero-order valence-electron chi connectivity index (χ0n) is 23.5. The van der Waals surface area contributed by atoms with Gasteiger partial charge in [-0.2, -0.15) is 9.97 Å². The Balaban J connectivity index is 0.00000162. The highest BCUT2D eigenvalue weighted by Gasteiger charge is 2.69. The van der Waals surface area contributed by atoms with Crippen molar-refractivity contribution in [3.05, 3.63) is 141 Å². The Morgan fingerprint density at radius 3 is 1.82 bits per heavy atom. The summed E-state index contributed by atoms with van der Waals surface area (Å²) in [7, 11) is 0. The number of anilines is 2. The predicted molar refractivity (Wildman–Crippen MR) is 174 cm³/mol. The molecule has 220 valence electrons. The molecule has 0 atom stereocenters. The summed E-state index contributed by atoms with van der Waals surface area (Å²) in [6.07, 6.45) is 10.7. The number of para-hydroxylation sites is 4. The molecule has 45 heavy (non-hydrogen) atoms. The largest absolute Gasteiger partial charge is 0.340 e. The van der Waals surface area contributed by atoms with Gasteiger partial charge in [0.15, 0.2) is 5.66 Å². The lowest BCUT2D eigenvalue weighted by molar-refractivity contribution is 0.251. The maximum Gasteiger partial charge on any atom is 0.340 e. The lowest BCUT2D eigenvalue weighted by atomic mass is 9.81. The van der Waals surface area contributed by atoms with Crippen molar-refractivity contribution in [1.82, 2.24) is 37.9 Å². The zero-order chi connectivity index (χ0) is 29.9. The third-order valence-corrected chi connectivity index (χ3v) is 9.06. The van der Waals surface area contributed by atoms with E-state index in [4.69, 9.17) is 9.97 Å². The minimum Gasteiger partial charge on any atom is -0.325 e. The molecule has 0 radical (unpaired) electrons. The molecule has 2 N–H and O–H groups in total. The Labute approximate surface area is 255 Å². The number of benzene rings is 3. The molecule has 0 amide bonds. The van der Waals surface area contributed by atoms with E-state index in [1.807, 2.05) is 103 Å². The van der Waals surface area contributed by atoms with Gasteiger partial charge in [-0.3, -0.25) is 0 Å². The average molecular weight is 595 g/mol. The fourth-order valence-electron chi connectivity index (χ4n) is 7.30. The van der Waals surface area contributed by atoms with Crippen LogP contribution in [0, 0.1) is 0 Å². The molecule has 3 aromatic carbocycles. The van der Waals surface area contributed by atoms with Crippen LogP contribution in [0.1, 0.15) is 14.8 Å². The van der Waals surface area contributed by atoms with Gasteiger partial charge < -0.3 is 10.6 Å². The Morgan fingerprint density at radius 2 is 1.22 bits per heavy atom. The minimum atomic E-state index is -1.55. The highest BCUT2D eigenvalue weighted by atomic mass is 16.2. The van der Waals surface area contributed by atoms with Crippen LogP contribution in [0.2, 0.25) is 0 Å². The maximum atomic E-state index is 15.0. The highest BCUT2D eigenvalue weighted by molar-refractivity contribution is 5.81. The topological polar surface area (TPSA) is 128 Å². The first-order chi connectivity index (χ1) is 22.1. The summed E-state index contributed by atoms with van der Waals surface area (Å²) in [6, 6.07) is 24.4. The number of rotatable bonds is 2. The van der Waals surface area contributed by atoms with Crippen LogP contribution in [0.25, 0.3) is 33.6 Å². The smallest absolute Gasteiger partial charge is 0.325 e. The SMILES string of the molecule is O=c1n2c(nc3nc4ccccc4n13)NC1(C3=CCC=CC=C3)Nc3nc4nc5ccccc5n4c(=O)n3C21c1ccccc1.[HH].[HH]. The van der Waals surface area contributed by atoms with Crippen LogP contribution < -0.4 is 22.0 Å². The van der Waals surface area contributed by atoms with Gasteiger partial charge in [0.1, 0.15) is 0 Å². The van der Waals surface area contributed by atoms with Crippen molar-refractivity contribution in [2.75, 3.05) is 10.6 Å². The number of allylic oxidation sites excluding steroid dienone is 4. The van der Waals surface area contributed by atoms with Gasteiger partial charge in [0, 0.05) is 8.42 Å². The second-order valence-electron chi connectivity index (χ2n) is 11.3. The molecule has 2 aliphatic heterocycles. The molecule has 0 saturated carbocycles. The van der Waals surface area contributed by atoms with Gasteiger partial charge >= 0.3 is 11.4 Å². The number of fused-ring (bicyclic) bond motifs is 11. The third kappa shape index (κ3) is 2.77. The van der Waals surface area contributed by atoms with E-state index in [1.54, 1.807) is 9.13 Å². The standard InChI is InChI=1S/C33H22N10O2.2H2/c44-30-40-24-18-10-8-16-22(24)34-26(40)36-28-38-32(20-12-4-1-2-5-13-20)33(42(28)30,21-14-6-3-7-15-21)43-29(39-32)37-27-35-23-17-9-11-19-25(23)41(27)31(43)45;;/h1-4,6-19H,5H2,(H,34,36,38)(H,35,37,39);2*1H. The van der Waals surface area contributed by atoms with Crippen molar-refractivity contribution in [1.29, 1.82) is 0 Å². The predicted octanol–water partition coefficient (Wildman–Crippen LogP) is 4.13. The van der Waals surface area contributed by atoms with Crippen LogP contribution in [0.4, 0.5) is 11.9 Å². The van der Waals surface area contributed by atoms with E-state index in [0.29, 0.717) is 34.1 Å². The fraction of sp³-hybridized carbons (Fsp3) is 0.0909. The molecule has 0 saturated heterocycles. The number of nitrogens with zero attached hydrogens (tertiary/aromatic N) is 8. The van der Waals surface area contributed by atoms with Crippen molar-refractivity contribution in [2.24, 2.45) is 0 Å². The molecule has 3 aliphatic rings. The van der Waals surface area contributed by atoms with Gasteiger partial charge in [0.2, 0.25) is 29.1 Å². The summed E-state index contributed by atoms with van der Waals surface area (Å²) >= 11 is 0. The van der Waals surface area contributed by atoms with Crippen LogP contribution in [0.15, 0.2) is 124 Å². The summed E-state index contributed by atoms with van der Waals surface area (Å²) in [5.74, 6) is 1.04. The van der Waals surface area contributed by atoms with Gasteiger partial charge in [-0.25, -0.2) is 37.5 Å². The summed E-state index contributed by atoms with van der Waals surface area (Å²) in [4.78, 5) is 49.2. The van der Waals surface area contributed by atoms with Gasteiger partial charge in [-0.1, -0.05) is 85.0 Å². The maximum absolute atomic E-state index is 15.0.